The Kier molecular flexibility index (Phi) is 9.72. The molecule has 1 aromatic heterocycles. The highest BCUT2D eigenvalue weighted by atomic mass is 35.5. The summed E-state index contributed by atoms with van der Waals surface area (Å²) in [6.45, 7) is 4.56. The van der Waals surface area contributed by atoms with E-state index >= 15 is 0 Å². The molecule has 2 aromatic carbocycles. The molecule has 0 aliphatic carbocycles. The first-order valence-corrected chi connectivity index (χ1v) is 13.2. The van der Waals surface area contributed by atoms with E-state index in [1.807, 2.05) is 0 Å². The Labute approximate surface area is 211 Å². The number of hydrogen-bond donors (Lipinski definition) is 3. The first-order valence-electron chi connectivity index (χ1n) is 10.2. The predicted octanol–water partition coefficient (Wildman–Crippen LogP) is 4.91. The number of benzene rings is 2. The fourth-order valence-electron chi connectivity index (χ4n) is 3.08. The molecule has 12 heteroatoms. The molecule has 1 amide bonds. The Hall–Kier alpha value is -2.17. The molecule has 0 aliphatic heterocycles. The van der Waals surface area contributed by atoms with Crippen molar-refractivity contribution in [3.8, 4) is 0 Å². The van der Waals surface area contributed by atoms with Gasteiger partial charge in [0.1, 0.15) is 6.54 Å². The third-order valence-corrected chi connectivity index (χ3v) is 7.19. The van der Waals surface area contributed by atoms with Gasteiger partial charge in [0.2, 0.25) is 0 Å². The summed E-state index contributed by atoms with van der Waals surface area (Å²) in [6, 6.07) is 7.46. The molecule has 3 rings (SSSR count). The molecule has 0 aliphatic rings. The summed E-state index contributed by atoms with van der Waals surface area (Å²) in [5, 5.41) is 10.6. The SMILES string of the molecule is C=CN(C(=O)C(c1csc2ccc(Cl)cc12)P(=O)(O)O)c1ccc(F)c(F)c1.C[N+](C)(C)CCO. The van der Waals surface area contributed by atoms with Crippen molar-refractivity contribution in [2.24, 2.45) is 0 Å². The summed E-state index contributed by atoms with van der Waals surface area (Å²) >= 11 is 7.18. The van der Waals surface area contributed by atoms with E-state index in [9.17, 15) is 27.9 Å². The van der Waals surface area contributed by atoms with E-state index in [1.54, 1.807) is 12.1 Å². The lowest BCUT2D eigenvalue weighted by molar-refractivity contribution is -0.870. The van der Waals surface area contributed by atoms with Crippen LogP contribution in [0.5, 0.6) is 0 Å². The maximum absolute atomic E-state index is 13.6. The van der Waals surface area contributed by atoms with Gasteiger partial charge in [-0.25, -0.2) is 8.78 Å². The third kappa shape index (κ3) is 7.65. The second-order valence-corrected chi connectivity index (χ2v) is 11.6. The maximum atomic E-state index is 13.6. The number of amides is 1. The number of likely N-dealkylation sites (N-methyl/N-ethyl adjacent to an activating group) is 1. The molecular weight excluding hydrogens is 521 g/mol. The average molecular weight is 548 g/mol. The van der Waals surface area contributed by atoms with Gasteiger partial charge in [-0.05, 0) is 46.7 Å². The lowest BCUT2D eigenvalue weighted by atomic mass is 10.1. The van der Waals surface area contributed by atoms with E-state index in [1.165, 1.54) is 22.8 Å². The summed E-state index contributed by atoms with van der Waals surface area (Å²) < 4.78 is 40.5. The lowest BCUT2D eigenvalue weighted by Gasteiger charge is -2.25. The molecule has 190 valence electrons. The number of aliphatic hydroxyl groups is 1. The van der Waals surface area contributed by atoms with Gasteiger partial charge in [0, 0.05) is 22.0 Å². The smallest absolute Gasteiger partial charge is 0.342 e. The van der Waals surface area contributed by atoms with Crippen molar-refractivity contribution in [3.05, 3.63) is 76.8 Å². The van der Waals surface area contributed by atoms with Crippen LogP contribution >= 0.6 is 30.5 Å². The number of nitrogens with zero attached hydrogens (tertiary/aromatic N) is 2. The normalized spacial score (nSPS) is 12.6. The van der Waals surface area contributed by atoms with Gasteiger partial charge in [-0.3, -0.25) is 14.3 Å². The zero-order valence-corrected chi connectivity index (χ0v) is 21.8. The van der Waals surface area contributed by atoms with Crippen molar-refractivity contribution >= 4 is 52.2 Å². The Morgan fingerprint density at radius 1 is 1.20 bits per heavy atom. The van der Waals surface area contributed by atoms with E-state index in [-0.39, 0.29) is 17.9 Å². The molecule has 35 heavy (non-hydrogen) atoms. The number of hydrogen-bond acceptors (Lipinski definition) is 4. The molecule has 0 fully saturated rings. The molecule has 0 spiro atoms. The van der Waals surface area contributed by atoms with Gasteiger partial charge in [-0.15, -0.1) is 11.3 Å². The minimum absolute atomic E-state index is 0.0928. The molecule has 0 saturated heterocycles. The van der Waals surface area contributed by atoms with Gasteiger partial charge in [0.25, 0.3) is 5.91 Å². The molecule has 1 atom stereocenters. The van der Waals surface area contributed by atoms with Crippen LogP contribution in [0, 0.1) is 11.6 Å². The number of halogens is 3. The highest BCUT2D eigenvalue weighted by Crippen LogP contribution is 2.55. The van der Waals surface area contributed by atoms with Crippen LogP contribution in [0.25, 0.3) is 10.1 Å². The highest BCUT2D eigenvalue weighted by molar-refractivity contribution is 7.53. The quantitative estimate of drug-likeness (QED) is 0.288. The Bertz CT molecular complexity index is 1260. The number of fused-ring (bicyclic) bond motifs is 1. The van der Waals surface area contributed by atoms with Crippen LogP contribution in [0.15, 0.2) is 54.6 Å². The first-order chi connectivity index (χ1) is 16.2. The molecule has 7 nitrogen and oxygen atoms in total. The van der Waals surface area contributed by atoms with Crippen molar-refractivity contribution in [2.45, 2.75) is 5.66 Å². The molecule has 0 bridgehead atoms. The zero-order valence-electron chi connectivity index (χ0n) is 19.4. The van der Waals surface area contributed by atoms with Gasteiger partial charge in [-0.2, -0.15) is 0 Å². The number of thiophene rings is 1. The van der Waals surface area contributed by atoms with Crippen molar-refractivity contribution in [1.29, 1.82) is 0 Å². The van der Waals surface area contributed by atoms with Crippen LogP contribution in [0.2, 0.25) is 5.02 Å². The first kappa shape index (κ1) is 29.1. The summed E-state index contributed by atoms with van der Waals surface area (Å²) in [5.41, 5.74) is -1.89. The lowest BCUT2D eigenvalue weighted by Crippen LogP contribution is -2.36. The third-order valence-electron chi connectivity index (χ3n) is 4.80. The molecule has 0 radical (unpaired) electrons. The summed E-state index contributed by atoms with van der Waals surface area (Å²) in [6.07, 6.45) is 0.985. The Balaban J connectivity index is 0.000000540. The van der Waals surface area contributed by atoms with Crippen LogP contribution in [-0.2, 0) is 9.36 Å². The van der Waals surface area contributed by atoms with Crippen LogP contribution < -0.4 is 4.90 Å². The number of anilines is 1. The summed E-state index contributed by atoms with van der Waals surface area (Å²) in [5.74, 6) is -3.36. The van der Waals surface area contributed by atoms with E-state index in [0.717, 1.165) is 40.3 Å². The van der Waals surface area contributed by atoms with Crippen molar-refractivity contribution in [1.82, 2.24) is 0 Å². The second-order valence-electron chi connectivity index (χ2n) is 8.55. The molecule has 1 unspecified atom stereocenters. The number of carbonyl (C=O) groups is 1. The van der Waals surface area contributed by atoms with Gasteiger partial charge in [-0.1, -0.05) is 18.2 Å². The number of aliphatic hydroxyl groups excluding tert-OH is 1. The summed E-state index contributed by atoms with van der Waals surface area (Å²) in [4.78, 5) is 33.7. The van der Waals surface area contributed by atoms with Crippen molar-refractivity contribution < 1.29 is 37.5 Å². The standard InChI is InChI=1S/C18H13ClF2NO4PS.C5H14NO/c1-2-22(11-4-5-14(20)15(21)8-11)18(23)17(27(24,25)26)13-9-28-16-6-3-10(19)7-12(13)16;1-6(2,3)4-5-7/h2-9,17H,1H2,(H2,24,25,26);7H,4-5H2,1-3H3/q;+1. The van der Waals surface area contributed by atoms with Crippen LogP contribution in [0.1, 0.15) is 11.2 Å². The maximum Gasteiger partial charge on any atom is 0.342 e. The summed E-state index contributed by atoms with van der Waals surface area (Å²) in [7, 11) is 1.16. The molecule has 1 heterocycles. The van der Waals surface area contributed by atoms with E-state index in [0.29, 0.717) is 15.1 Å². The number of rotatable bonds is 7. The molecular formula is C23H27ClF2N2O5PS+. The molecule has 3 N–H and O–H groups in total. The van der Waals surface area contributed by atoms with Crippen molar-refractivity contribution in [3.63, 3.8) is 0 Å². The molecule has 0 saturated carbocycles. The van der Waals surface area contributed by atoms with E-state index in [4.69, 9.17) is 16.7 Å². The highest BCUT2D eigenvalue weighted by Gasteiger charge is 2.41. The Morgan fingerprint density at radius 3 is 2.34 bits per heavy atom. The largest absolute Gasteiger partial charge is 0.391 e. The fourth-order valence-corrected chi connectivity index (χ4v) is 5.31. The minimum atomic E-state index is -4.99. The topological polar surface area (TPSA) is 98.1 Å². The van der Waals surface area contributed by atoms with Gasteiger partial charge < -0.3 is 19.4 Å². The number of quaternary nitrogens is 1. The van der Waals surface area contributed by atoms with E-state index in [2.05, 4.69) is 27.7 Å². The van der Waals surface area contributed by atoms with Gasteiger partial charge in [0.05, 0.1) is 33.4 Å². The van der Waals surface area contributed by atoms with Crippen molar-refractivity contribution in [2.75, 3.05) is 39.2 Å². The van der Waals surface area contributed by atoms with Crippen LogP contribution in [-0.4, -0.2) is 59.6 Å². The molecule has 3 aromatic rings. The van der Waals surface area contributed by atoms with Gasteiger partial charge >= 0.3 is 7.60 Å². The van der Waals surface area contributed by atoms with Crippen LogP contribution in [0.3, 0.4) is 0 Å². The average Bonchev–Trinajstić information content (AvgIpc) is 3.12. The fraction of sp³-hybridized carbons (Fsp3) is 0.261. The monoisotopic (exact) mass is 547 g/mol. The predicted molar refractivity (Wildman–Crippen MR) is 136 cm³/mol. The minimum Gasteiger partial charge on any atom is -0.391 e. The van der Waals surface area contributed by atoms with Crippen LogP contribution in [0.4, 0.5) is 14.5 Å². The van der Waals surface area contributed by atoms with E-state index < -0.39 is 30.8 Å². The Morgan fingerprint density at radius 2 is 1.86 bits per heavy atom. The zero-order chi connectivity index (χ0) is 26.6. The second kappa shape index (κ2) is 11.7. The number of carbonyl (C=O) groups excluding carboxylic acids is 1. The van der Waals surface area contributed by atoms with Gasteiger partial charge in [0.15, 0.2) is 17.3 Å².